The van der Waals surface area contributed by atoms with Gasteiger partial charge in [0, 0.05) is 0 Å². The molecule has 0 unspecified atom stereocenters. The fourth-order valence-corrected chi connectivity index (χ4v) is 0. The quantitative estimate of drug-likeness (QED) is 0.458. The van der Waals surface area contributed by atoms with Gasteiger partial charge in [-0.3, -0.25) is 0 Å². The minimum atomic E-state index is -5.53. The zero-order valence-electron chi connectivity index (χ0n) is 2.01. The molecule has 0 aliphatic carbocycles. The average molecular weight is 257 g/mol. The Bertz CT molecular complexity index is 22.4. The van der Waals surface area contributed by atoms with Gasteiger partial charge in [0.2, 0.25) is 0 Å². The standard InChI is InChI=1S/F3GeI/c1-4(2,3)5. The molecule has 0 fully saturated rings. The van der Waals surface area contributed by atoms with E-state index in [-0.39, 0.29) is 0 Å². The molecule has 0 radical (unpaired) electrons. The summed E-state index contributed by atoms with van der Waals surface area (Å²) in [6.45, 7) is 0. The molecule has 0 spiro atoms. The van der Waals surface area contributed by atoms with Gasteiger partial charge >= 0.3 is 42.1 Å². The SMILES string of the molecule is [F][Ge]([F])([F])[I]. The molecular formula is F3GeI. The second kappa shape index (κ2) is 1.68. The molecule has 5 heteroatoms. The van der Waals surface area contributed by atoms with Gasteiger partial charge < -0.3 is 0 Å². The van der Waals surface area contributed by atoms with Crippen molar-refractivity contribution in [1.29, 1.82) is 0 Å². The van der Waals surface area contributed by atoms with Gasteiger partial charge in [-0.25, -0.2) is 0 Å². The minimum absolute atomic E-state index is 0.565. The van der Waals surface area contributed by atoms with Crippen LogP contribution in [0.1, 0.15) is 0 Å². The average Bonchev–Trinajstić information content (AvgIpc) is 0.722. The molecule has 0 aromatic rings. The summed E-state index contributed by atoms with van der Waals surface area (Å²) in [7, 11) is 0. The van der Waals surface area contributed by atoms with Crippen molar-refractivity contribution in [2.24, 2.45) is 0 Å². The van der Waals surface area contributed by atoms with Crippen LogP contribution in [-0.4, -0.2) is 11.3 Å². The third-order valence-corrected chi connectivity index (χ3v) is 0. The van der Waals surface area contributed by atoms with Crippen LogP contribution in [0.5, 0.6) is 0 Å². The Morgan fingerprint density at radius 3 is 1.20 bits per heavy atom. The molecule has 0 rings (SSSR count). The first-order valence-electron chi connectivity index (χ1n) is 0.756. The fourth-order valence-electron chi connectivity index (χ4n) is 0. The molecule has 0 N–H and O–H groups in total. The Labute approximate surface area is 42.2 Å². The van der Waals surface area contributed by atoms with Crippen molar-refractivity contribution in [3.8, 4) is 0 Å². The van der Waals surface area contributed by atoms with Crippen LogP contribution in [0.3, 0.4) is 0 Å². The van der Waals surface area contributed by atoms with Crippen LogP contribution in [0.15, 0.2) is 0 Å². The monoisotopic (exact) mass is 258 g/mol. The zero-order chi connectivity index (χ0) is 4.50. The summed E-state index contributed by atoms with van der Waals surface area (Å²) in [6, 6.07) is 0. The van der Waals surface area contributed by atoms with Crippen molar-refractivity contribution >= 4 is 31.6 Å². The Balaban J connectivity index is 3.02. The van der Waals surface area contributed by atoms with Crippen LogP contribution in [0.4, 0.5) is 10.5 Å². The Morgan fingerprint density at radius 2 is 1.20 bits per heavy atom. The Morgan fingerprint density at radius 1 is 1.20 bits per heavy atom. The summed E-state index contributed by atoms with van der Waals surface area (Å²) in [4.78, 5) is 0. The van der Waals surface area contributed by atoms with E-state index in [1.807, 2.05) is 0 Å². The molecule has 0 atom stereocenters. The molecule has 0 bridgehead atoms. The number of halogens is 4. The maximum absolute atomic E-state index is 10.5. The molecule has 0 aromatic heterocycles. The van der Waals surface area contributed by atoms with Crippen molar-refractivity contribution in [1.82, 2.24) is 0 Å². The van der Waals surface area contributed by atoms with E-state index in [2.05, 4.69) is 0 Å². The summed E-state index contributed by atoms with van der Waals surface area (Å²) < 4.78 is 31.6. The molecular weight excluding hydrogens is 257 g/mol. The molecule has 0 saturated heterocycles. The molecule has 0 saturated carbocycles. The molecule has 0 amide bonds. The van der Waals surface area contributed by atoms with Crippen molar-refractivity contribution in [3.63, 3.8) is 0 Å². The first kappa shape index (κ1) is 6.06. The second-order valence-electron chi connectivity index (χ2n) is 0.429. The zero-order valence-corrected chi connectivity index (χ0v) is 6.27. The van der Waals surface area contributed by atoms with Crippen LogP contribution >= 0.6 is 20.2 Å². The maximum atomic E-state index is 10.5. The third-order valence-electron chi connectivity index (χ3n) is 0. The number of hydrogen-bond donors (Lipinski definition) is 0. The molecule has 5 heavy (non-hydrogen) atoms. The van der Waals surface area contributed by atoms with Gasteiger partial charge in [0.15, 0.2) is 0 Å². The van der Waals surface area contributed by atoms with Crippen LogP contribution in [0.2, 0.25) is 0 Å². The molecule has 0 nitrogen and oxygen atoms in total. The molecule has 0 aliphatic rings. The predicted molar refractivity (Wildman–Crippen MR) is 23.1 cm³/mol. The fraction of sp³-hybridized carbons (Fsp3) is 0. The molecule has 0 heterocycles. The van der Waals surface area contributed by atoms with E-state index in [4.69, 9.17) is 0 Å². The van der Waals surface area contributed by atoms with Gasteiger partial charge in [-0.2, -0.15) is 0 Å². The first-order chi connectivity index (χ1) is 2.00. The Hall–Kier alpha value is 1.06. The van der Waals surface area contributed by atoms with Crippen LogP contribution in [-0.2, 0) is 0 Å². The van der Waals surface area contributed by atoms with E-state index in [0.717, 1.165) is 0 Å². The van der Waals surface area contributed by atoms with Crippen molar-refractivity contribution in [2.75, 3.05) is 0 Å². The van der Waals surface area contributed by atoms with E-state index < -0.39 is 11.3 Å². The van der Waals surface area contributed by atoms with E-state index >= 15 is 0 Å². The summed E-state index contributed by atoms with van der Waals surface area (Å²) in [5, 5.41) is 0. The van der Waals surface area contributed by atoms with Gasteiger partial charge in [-0.1, -0.05) is 0 Å². The van der Waals surface area contributed by atoms with Crippen LogP contribution < -0.4 is 0 Å². The van der Waals surface area contributed by atoms with E-state index in [1.165, 1.54) is 0 Å². The van der Waals surface area contributed by atoms with Gasteiger partial charge in [0.1, 0.15) is 0 Å². The van der Waals surface area contributed by atoms with E-state index in [1.54, 1.807) is 0 Å². The van der Waals surface area contributed by atoms with Crippen molar-refractivity contribution in [3.05, 3.63) is 0 Å². The molecule has 32 valence electrons. The van der Waals surface area contributed by atoms with E-state index in [0.29, 0.717) is 20.2 Å². The number of rotatable bonds is 0. The van der Waals surface area contributed by atoms with E-state index in [9.17, 15) is 10.5 Å². The van der Waals surface area contributed by atoms with Crippen molar-refractivity contribution in [2.45, 2.75) is 0 Å². The summed E-state index contributed by atoms with van der Waals surface area (Å²) >= 11 is -4.96. The summed E-state index contributed by atoms with van der Waals surface area (Å²) in [5.41, 5.74) is 0. The van der Waals surface area contributed by atoms with Gasteiger partial charge in [-0.05, 0) is 0 Å². The van der Waals surface area contributed by atoms with Gasteiger partial charge in [-0.15, -0.1) is 0 Å². The molecule has 0 aliphatic heterocycles. The second-order valence-corrected chi connectivity index (χ2v) is 8.58. The third kappa shape index (κ3) is 42.0. The van der Waals surface area contributed by atoms with Crippen molar-refractivity contribution < 1.29 is 10.5 Å². The normalized spacial score (nSPS) is 12.0. The Kier molecular flexibility index (Phi) is 2.03. The van der Waals surface area contributed by atoms with Gasteiger partial charge in [0.25, 0.3) is 0 Å². The molecule has 0 aromatic carbocycles. The van der Waals surface area contributed by atoms with Gasteiger partial charge in [0.05, 0.1) is 0 Å². The topological polar surface area (TPSA) is 0 Å². The first-order valence-corrected chi connectivity index (χ1v) is 9.53. The van der Waals surface area contributed by atoms with Crippen LogP contribution in [0, 0.1) is 0 Å². The predicted octanol–water partition coefficient (Wildman–Crippen LogP) is 1.77. The summed E-state index contributed by atoms with van der Waals surface area (Å²) in [5.74, 6) is 0. The van der Waals surface area contributed by atoms with Crippen LogP contribution in [0.25, 0.3) is 0 Å². The number of hydrogen-bond acceptors (Lipinski definition) is 0. The summed E-state index contributed by atoms with van der Waals surface area (Å²) in [6.07, 6.45) is 0.